The summed E-state index contributed by atoms with van der Waals surface area (Å²) in [6.45, 7) is -0.0912. The molecule has 0 spiro atoms. The number of ether oxygens (including phenoxy) is 5. The van der Waals surface area contributed by atoms with Crippen LogP contribution in [-0.2, 0) is 42.9 Å². The molecule has 0 N–H and O–H groups in total. The van der Waals surface area contributed by atoms with E-state index in [4.69, 9.17) is 9.47 Å². The van der Waals surface area contributed by atoms with E-state index in [0.717, 1.165) is 12.2 Å². The zero-order valence-electron chi connectivity index (χ0n) is 14.5. The van der Waals surface area contributed by atoms with E-state index in [-0.39, 0.29) is 29.9 Å². The predicted octanol–water partition coefficient (Wildman–Crippen LogP) is 0.719. The number of hydrogen-bond acceptors (Lipinski definition) is 9. The summed E-state index contributed by atoms with van der Waals surface area (Å²) in [6, 6.07) is 0. The molecule has 0 bridgehead atoms. The minimum Gasteiger partial charge on any atom is -0.469 e. The van der Waals surface area contributed by atoms with Gasteiger partial charge >= 0.3 is 23.9 Å². The second kappa shape index (κ2) is 10.5. The van der Waals surface area contributed by atoms with E-state index < -0.39 is 23.9 Å². The molecule has 1 aliphatic rings. The molecule has 1 aliphatic heterocycles. The highest BCUT2D eigenvalue weighted by Gasteiger charge is 2.22. The van der Waals surface area contributed by atoms with Gasteiger partial charge in [-0.05, 0) is 12.2 Å². The van der Waals surface area contributed by atoms with Gasteiger partial charge in [0.05, 0.1) is 45.3 Å². The molecule has 26 heavy (non-hydrogen) atoms. The molecule has 9 nitrogen and oxygen atoms in total. The Morgan fingerprint density at radius 2 is 1.54 bits per heavy atom. The second-order valence-electron chi connectivity index (χ2n) is 4.62. The lowest BCUT2D eigenvalue weighted by molar-refractivity contribution is -0.139. The summed E-state index contributed by atoms with van der Waals surface area (Å²) in [5.41, 5.74) is -0.0904. The van der Waals surface area contributed by atoms with Crippen molar-refractivity contribution >= 4 is 23.9 Å². The lowest BCUT2D eigenvalue weighted by Gasteiger charge is -2.07. The standard InChI is InChI=1S/C17H18O9/c1-22-14(18)4-5-15(19)26-8-6-11-10-13(17(21)24-3)12(7-9-25-11)16(20)23-2/h4-5,7,9-10H,6,8H2,1-3H3/b5-4+. The minimum absolute atomic E-state index is 0.0349. The molecule has 140 valence electrons. The van der Waals surface area contributed by atoms with Crippen LogP contribution in [0.3, 0.4) is 0 Å². The average Bonchev–Trinajstić information content (AvgIpc) is 2.87. The van der Waals surface area contributed by atoms with E-state index in [1.54, 1.807) is 0 Å². The van der Waals surface area contributed by atoms with Crippen LogP contribution in [0.4, 0.5) is 0 Å². The zero-order valence-corrected chi connectivity index (χ0v) is 14.5. The SMILES string of the molecule is COC(=O)/C=C/C(=O)OCCC1=CC(C(=O)OC)=C(C(=O)OC)C=CO1. The first-order valence-electron chi connectivity index (χ1n) is 7.30. The van der Waals surface area contributed by atoms with Crippen molar-refractivity contribution in [3.8, 4) is 0 Å². The number of rotatable bonds is 7. The van der Waals surface area contributed by atoms with Crippen LogP contribution in [0.2, 0.25) is 0 Å². The minimum atomic E-state index is -0.754. The molecule has 0 aromatic carbocycles. The normalized spacial score (nSPS) is 13.4. The number of esters is 4. The number of carbonyl (C=O) groups is 4. The topological polar surface area (TPSA) is 114 Å². The lowest BCUT2D eigenvalue weighted by atomic mass is 10.1. The van der Waals surface area contributed by atoms with E-state index in [0.29, 0.717) is 0 Å². The van der Waals surface area contributed by atoms with E-state index in [1.807, 2.05) is 0 Å². The van der Waals surface area contributed by atoms with E-state index in [9.17, 15) is 19.2 Å². The Hall–Kier alpha value is -3.36. The maximum Gasteiger partial charge on any atom is 0.338 e. The Morgan fingerprint density at radius 3 is 2.15 bits per heavy atom. The van der Waals surface area contributed by atoms with Crippen LogP contribution >= 0.6 is 0 Å². The summed E-state index contributed by atoms with van der Waals surface area (Å²) in [4.78, 5) is 46.0. The molecule has 0 fully saturated rings. The molecule has 1 heterocycles. The van der Waals surface area contributed by atoms with Gasteiger partial charge in [0.2, 0.25) is 0 Å². The van der Waals surface area contributed by atoms with Gasteiger partial charge in [-0.25, -0.2) is 19.2 Å². The molecule has 1 rings (SSSR count). The molecule has 0 unspecified atom stereocenters. The van der Waals surface area contributed by atoms with E-state index in [1.165, 1.54) is 39.7 Å². The van der Waals surface area contributed by atoms with Crippen molar-refractivity contribution in [3.63, 3.8) is 0 Å². The van der Waals surface area contributed by atoms with Crippen molar-refractivity contribution in [2.24, 2.45) is 0 Å². The Bertz CT molecular complexity index is 695. The van der Waals surface area contributed by atoms with Crippen LogP contribution in [0.25, 0.3) is 0 Å². The van der Waals surface area contributed by atoms with E-state index in [2.05, 4.69) is 14.2 Å². The summed E-state index contributed by atoms with van der Waals surface area (Å²) in [5, 5.41) is 0. The molecule has 0 radical (unpaired) electrons. The molecule has 9 heteroatoms. The fourth-order valence-corrected chi connectivity index (χ4v) is 1.75. The molecule has 0 saturated carbocycles. The lowest BCUT2D eigenvalue weighted by Crippen LogP contribution is -2.12. The van der Waals surface area contributed by atoms with Crippen molar-refractivity contribution in [2.45, 2.75) is 6.42 Å². The third-order valence-corrected chi connectivity index (χ3v) is 3.01. The van der Waals surface area contributed by atoms with Crippen molar-refractivity contribution in [1.82, 2.24) is 0 Å². The van der Waals surface area contributed by atoms with Gasteiger partial charge in [-0.2, -0.15) is 0 Å². The molecular weight excluding hydrogens is 348 g/mol. The van der Waals surface area contributed by atoms with Crippen LogP contribution in [0, 0.1) is 0 Å². The zero-order chi connectivity index (χ0) is 19.5. The van der Waals surface area contributed by atoms with Gasteiger partial charge in [-0.1, -0.05) is 0 Å². The summed E-state index contributed by atoms with van der Waals surface area (Å²) in [5.74, 6) is -2.67. The number of methoxy groups -OCH3 is 3. The molecule has 0 saturated heterocycles. The Kier molecular flexibility index (Phi) is 8.35. The molecule has 0 atom stereocenters. The number of carbonyl (C=O) groups excluding carboxylic acids is 4. The van der Waals surface area contributed by atoms with Crippen LogP contribution in [0.15, 0.2) is 47.5 Å². The molecule has 0 aromatic heterocycles. The van der Waals surface area contributed by atoms with Gasteiger partial charge < -0.3 is 23.7 Å². The van der Waals surface area contributed by atoms with Crippen molar-refractivity contribution in [2.75, 3.05) is 27.9 Å². The third kappa shape index (κ3) is 6.27. The van der Waals surface area contributed by atoms with E-state index >= 15 is 0 Å². The highest BCUT2D eigenvalue weighted by molar-refractivity contribution is 6.04. The summed E-state index contributed by atoms with van der Waals surface area (Å²) in [7, 11) is 3.52. The Labute approximate surface area is 149 Å². The molecular formula is C17H18O9. The summed E-state index contributed by atoms with van der Waals surface area (Å²) < 4.78 is 23.8. The monoisotopic (exact) mass is 366 g/mol. The van der Waals surface area contributed by atoms with Crippen molar-refractivity contribution in [1.29, 1.82) is 0 Å². The highest BCUT2D eigenvalue weighted by atomic mass is 16.5. The van der Waals surface area contributed by atoms with Crippen LogP contribution < -0.4 is 0 Å². The maximum atomic E-state index is 11.9. The molecule has 0 aromatic rings. The predicted molar refractivity (Wildman–Crippen MR) is 86.1 cm³/mol. The molecule has 0 aliphatic carbocycles. The van der Waals surface area contributed by atoms with Crippen LogP contribution in [0.1, 0.15) is 6.42 Å². The highest BCUT2D eigenvalue weighted by Crippen LogP contribution is 2.20. The Balaban J connectivity index is 2.81. The molecule has 0 amide bonds. The largest absolute Gasteiger partial charge is 0.469 e. The maximum absolute atomic E-state index is 11.9. The van der Waals surface area contributed by atoms with Crippen LogP contribution in [-0.4, -0.2) is 51.8 Å². The second-order valence-corrected chi connectivity index (χ2v) is 4.62. The van der Waals surface area contributed by atoms with Gasteiger partial charge in [0.15, 0.2) is 0 Å². The average molecular weight is 366 g/mol. The van der Waals surface area contributed by atoms with Gasteiger partial charge in [0, 0.05) is 18.6 Å². The smallest absolute Gasteiger partial charge is 0.338 e. The fraction of sp³-hybridized carbons (Fsp3) is 0.294. The van der Waals surface area contributed by atoms with Crippen LogP contribution in [0.5, 0.6) is 0 Å². The van der Waals surface area contributed by atoms with Crippen molar-refractivity contribution in [3.05, 3.63) is 47.5 Å². The first-order valence-corrected chi connectivity index (χ1v) is 7.30. The van der Waals surface area contributed by atoms with Gasteiger partial charge in [0.1, 0.15) is 5.76 Å². The summed E-state index contributed by atoms with van der Waals surface area (Å²) >= 11 is 0. The van der Waals surface area contributed by atoms with Gasteiger partial charge in [-0.15, -0.1) is 0 Å². The fourth-order valence-electron chi connectivity index (χ4n) is 1.75. The van der Waals surface area contributed by atoms with Crippen molar-refractivity contribution < 1.29 is 42.9 Å². The van der Waals surface area contributed by atoms with Gasteiger partial charge in [-0.3, -0.25) is 0 Å². The number of hydrogen-bond donors (Lipinski definition) is 0. The first-order chi connectivity index (χ1) is 12.4. The summed E-state index contributed by atoms with van der Waals surface area (Å²) in [6.07, 6.45) is 5.73. The third-order valence-electron chi connectivity index (χ3n) is 3.01. The quantitative estimate of drug-likeness (QED) is 0.365. The first kappa shape index (κ1) is 20.7. The Morgan fingerprint density at radius 1 is 0.923 bits per heavy atom. The van der Waals surface area contributed by atoms with Gasteiger partial charge in [0.25, 0.3) is 0 Å².